The summed E-state index contributed by atoms with van der Waals surface area (Å²) in [6.45, 7) is 1.36. The summed E-state index contributed by atoms with van der Waals surface area (Å²) in [6, 6.07) is 11.8. The van der Waals surface area contributed by atoms with E-state index in [4.69, 9.17) is 4.74 Å². The molecule has 136 valence electrons. The van der Waals surface area contributed by atoms with E-state index >= 15 is 0 Å². The van der Waals surface area contributed by atoms with Crippen LogP contribution >= 0.6 is 11.8 Å². The second-order valence-electron chi connectivity index (χ2n) is 5.35. The van der Waals surface area contributed by atoms with Crippen LogP contribution in [0.15, 0.2) is 47.4 Å². The number of hydrogen-bond acceptors (Lipinski definition) is 6. The number of aryl methyl sites for hydroxylation is 1. The summed E-state index contributed by atoms with van der Waals surface area (Å²) in [4.78, 5) is 36.6. The van der Waals surface area contributed by atoms with Crippen LogP contribution in [0.5, 0.6) is 0 Å². The summed E-state index contributed by atoms with van der Waals surface area (Å²) in [5.41, 5.74) is 1.96. The molecule has 0 radical (unpaired) electrons. The van der Waals surface area contributed by atoms with Gasteiger partial charge in [0.25, 0.3) is 5.91 Å². The van der Waals surface area contributed by atoms with Crippen molar-refractivity contribution in [3.63, 3.8) is 0 Å². The Bertz CT molecular complexity index is 834. The third-order valence-corrected chi connectivity index (χ3v) is 4.39. The van der Waals surface area contributed by atoms with Crippen LogP contribution in [0.1, 0.15) is 26.3 Å². The van der Waals surface area contributed by atoms with E-state index in [1.807, 2.05) is 18.4 Å². The fraction of sp³-hybridized carbons (Fsp3) is 0.211. The summed E-state index contributed by atoms with van der Waals surface area (Å²) < 4.78 is 9.75. The third kappa shape index (κ3) is 4.86. The molecule has 2 aromatic carbocycles. The van der Waals surface area contributed by atoms with Gasteiger partial charge in [-0.1, -0.05) is 18.2 Å². The van der Waals surface area contributed by atoms with Gasteiger partial charge in [0.1, 0.15) is 0 Å². The molecule has 0 aromatic heterocycles. The number of ether oxygens (including phenoxy) is 2. The van der Waals surface area contributed by atoms with E-state index in [-0.39, 0.29) is 0 Å². The molecule has 0 aliphatic carbocycles. The largest absolute Gasteiger partial charge is 0.465 e. The molecule has 0 unspecified atom stereocenters. The van der Waals surface area contributed by atoms with E-state index in [1.54, 1.807) is 31.2 Å². The summed E-state index contributed by atoms with van der Waals surface area (Å²) >= 11 is 1.42. The van der Waals surface area contributed by atoms with Crippen molar-refractivity contribution in [3.8, 4) is 0 Å². The monoisotopic (exact) mass is 373 g/mol. The van der Waals surface area contributed by atoms with E-state index < -0.39 is 24.5 Å². The highest BCUT2D eigenvalue weighted by Crippen LogP contribution is 2.21. The number of methoxy groups -OCH3 is 1. The Labute approximate surface area is 155 Å². The molecule has 1 N–H and O–H groups in total. The van der Waals surface area contributed by atoms with Gasteiger partial charge >= 0.3 is 11.9 Å². The van der Waals surface area contributed by atoms with Crippen LogP contribution in [0.25, 0.3) is 0 Å². The number of benzene rings is 2. The van der Waals surface area contributed by atoms with E-state index in [0.717, 1.165) is 10.5 Å². The van der Waals surface area contributed by atoms with Crippen LogP contribution in [0.3, 0.4) is 0 Å². The van der Waals surface area contributed by atoms with Gasteiger partial charge in [-0.05, 0) is 43.0 Å². The van der Waals surface area contributed by atoms with Crippen LogP contribution in [0.4, 0.5) is 5.69 Å². The SMILES string of the molecule is COC(=O)c1ccc(C)c(NC(=O)COC(=O)c2ccccc2SC)c1. The predicted molar refractivity (Wildman–Crippen MR) is 99.7 cm³/mol. The zero-order valence-electron chi connectivity index (χ0n) is 14.7. The zero-order valence-corrected chi connectivity index (χ0v) is 15.5. The Morgan fingerprint density at radius 2 is 1.81 bits per heavy atom. The van der Waals surface area contributed by atoms with Crippen molar-refractivity contribution < 1.29 is 23.9 Å². The molecular formula is C19H19NO5S. The lowest BCUT2D eigenvalue weighted by atomic mass is 10.1. The molecule has 0 aliphatic rings. The van der Waals surface area contributed by atoms with Crippen molar-refractivity contribution in [3.05, 3.63) is 59.2 Å². The maximum atomic E-state index is 12.2. The van der Waals surface area contributed by atoms with Crippen molar-refractivity contribution in [1.29, 1.82) is 0 Å². The first-order chi connectivity index (χ1) is 12.5. The Morgan fingerprint density at radius 3 is 2.50 bits per heavy atom. The minimum atomic E-state index is -0.565. The Kier molecular flexibility index (Phi) is 6.80. The van der Waals surface area contributed by atoms with Gasteiger partial charge in [-0.3, -0.25) is 4.79 Å². The topological polar surface area (TPSA) is 81.7 Å². The zero-order chi connectivity index (χ0) is 19.1. The highest BCUT2D eigenvalue weighted by molar-refractivity contribution is 7.98. The van der Waals surface area contributed by atoms with Gasteiger partial charge < -0.3 is 14.8 Å². The molecule has 1 amide bonds. The van der Waals surface area contributed by atoms with E-state index in [0.29, 0.717) is 16.8 Å². The molecule has 0 saturated heterocycles. The summed E-state index contributed by atoms with van der Waals surface area (Å²) in [5, 5.41) is 2.64. The molecule has 6 nitrogen and oxygen atoms in total. The summed E-state index contributed by atoms with van der Waals surface area (Å²) in [6.07, 6.45) is 1.86. The minimum absolute atomic E-state index is 0.319. The molecule has 0 bridgehead atoms. The maximum Gasteiger partial charge on any atom is 0.339 e. The van der Waals surface area contributed by atoms with Gasteiger partial charge in [0.15, 0.2) is 6.61 Å². The van der Waals surface area contributed by atoms with Gasteiger partial charge in [-0.2, -0.15) is 0 Å². The molecule has 0 aliphatic heterocycles. The number of amides is 1. The molecule has 0 heterocycles. The number of carbonyl (C=O) groups excluding carboxylic acids is 3. The summed E-state index contributed by atoms with van der Waals surface area (Å²) in [5.74, 6) is -1.56. The highest BCUT2D eigenvalue weighted by Gasteiger charge is 2.15. The number of rotatable bonds is 6. The molecular weight excluding hydrogens is 354 g/mol. The molecule has 0 fully saturated rings. The normalized spacial score (nSPS) is 10.1. The maximum absolute atomic E-state index is 12.2. The second-order valence-corrected chi connectivity index (χ2v) is 6.19. The summed E-state index contributed by atoms with van der Waals surface area (Å²) in [7, 11) is 1.28. The van der Waals surface area contributed by atoms with Crippen LogP contribution in [0, 0.1) is 6.92 Å². The van der Waals surface area contributed by atoms with Crippen molar-refractivity contribution >= 4 is 35.3 Å². The molecule has 0 atom stereocenters. The minimum Gasteiger partial charge on any atom is -0.465 e. The Hall–Kier alpha value is -2.80. The number of esters is 2. The first kappa shape index (κ1) is 19.5. The first-order valence-corrected chi connectivity index (χ1v) is 8.97. The van der Waals surface area contributed by atoms with Crippen LogP contribution in [0.2, 0.25) is 0 Å². The van der Waals surface area contributed by atoms with Crippen LogP contribution in [-0.2, 0) is 14.3 Å². The highest BCUT2D eigenvalue weighted by atomic mass is 32.2. The average molecular weight is 373 g/mol. The standard InChI is InChI=1S/C19H19NO5S/c1-12-8-9-13(18(22)24-2)10-15(12)20-17(21)11-25-19(23)14-6-4-5-7-16(14)26-3/h4-10H,11H2,1-3H3,(H,20,21). The van der Waals surface area contributed by atoms with E-state index in [9.17, 15) is 14.4 Å². The van der Waals surface area contributed by atoms with Crippen LogP contribution < -0.4 is 5.32 Å². The molecule has 2 aromatic rings. The number of anilines is 1. The molecule has 2 rings (SSSR count). The van der Waals surface area contributed by atoms with Gasteiger partial charge in [0.05, 0.1) is 18.2 Å². The molecule has 26 heavy (non-hydrogen) atoms. The van der Waals surface area contributed by atoms with Crippen molar-refractivity contribution in [2.24, 2.45) is 0 Å². The molecule has 0 saturated carbocycles. The van der Waals surface area contributed by atoms with Crippen molar-refractivity contribution in [2.75, 3.05) is 25.3 Å². The lowest BCUT2D eigenvalue weighted by Crippen LogP contribution is -2.21. The molecule has 0 spiro atoms. The fourth-order valence-corrected chi connectivity index (χ4v) is 2.80. The van der Waals surface area contributed by atoms with E-state index in [1.165, 1.54) is 24.9 Å². The molecule has 7 heteroatoms. The van der Waals surface area contributed by atoms with Gasteiger partial charge in [0.2, 0.25) is 0 Å². The lowest BCUT2D eigenvalue weighted by Gasteiger charge is -2.11. The smallest absolute Gasteiger partial charge is 0.339 e. The lowest BCUT2D eigenvalue weighted by molar-refractivity contribution is -0.119. The Morgan fingerprint density at radius 1 is 1.08 bits per heavy atom. The van der Waals surface area contributed by atoms with Gasteiger partial charge in [0, 0.05) is 10.6 Å². The van der Waals surface area contributed by atoms with Crippen molar-refractivity contribution in [1.82, 2.24) is 0 Å². The van der Waals surface area contributed by atoms with E-state index in [2.05, 4.69) is 10.1 Å². The quantitative estimate of drug-likeness (QED) is 0.618. The second kappa shape index (κ2) is 9.05. The van der Waals surface area contributed by atoms with Gasteiger partial charge in [-0.25, -0.2) is 9.59 Å². The third-order valence-electron chi connectivity index (χ3n) is 3.59. The predicted octanol–water partition coefficient (Wildman–Crippen LogP) is 3.30. The number of nitrogens with one attached hydrogen (secondary N) is 1. The number of hydrogen-bond donors (Lipinski definition) is 1. The number of carbonyl (C=O) groups is 3. The number of thioether (sulfide) groups is 1. The fourth-order valence-electron chi connectivity index (χ4n) is 2.21. The van der Waals surface area contributed by atoms with Crippen molar-refractivity contribution in [2.45, 2.75) is 11.8 Å². The Balaban J connectivity index is 2.01. The first-order valence-electron chi connectivity index (χ1n) is 7.75. The average Bonchev–Trinajstić information content (AvgIpc) is 2.67. The van der Waals surface area contributed by atoms with Crippen LogP contribution in [-0.4, -0.2) is 37.8 Å². The van der Waals surface area contributed by atoms with Gasteiger partial charge in [-0.15, -0.1) is 11.8 Å².